The average Bonchev–Trinajstić information content (AvgIpc) is 3.66. The molecule has 0 radical (unpaired) electrons. The van der Waals surface area contributed by atoms with E-state index in [1.165, 1.54) is 41.5 Å². The minimum absolute atomic E-state index is 0.0152. The lowest BCUT2D eigenvalue weighted by molar-refractivity contribution is -0.136. The zero-order chi connectivity index (χ0) is 45.3. The van der Waals surface area contributed by atoms with E-state index >= 15 is 0 Å². The Morgan fingerprint density at radius 1 is 0.954 bits per heavy atom. The molecule has 3 unspecified atom stereocenters. The predicted molar refractivity (Wildman–Crippen MR) is 257 cm³/mol. The van der Waals surface area contributed by atoms with Gasteiger partial charge in [0.15, 0.2) is 5.78 Å². The van der Waals surface area contributed by atoms with Gasteiger partial charge in [-0.25, -0.2) is 0 Å². The van der Waals surface area contributed by atoms with Crippen LogP contribution in [0.1, 0.15) is 154 Å². The number of nitriles is 1. The molecule has 9 heteroatoms. The number of aromatic nitrogens is 1. The van der Waals surface area contributed by atoms with Gasteiger partial charge in [-0.15, -0.1) is 0 Å². The number of fused-ring (bicyclic) bond motifs is 1. The van der Waals surface area contributed by atoms with E-state index in [0.717, 1.165) is 118 Å². The van der Waals surface area contributed by atoms with Gasteiger partial charge in [0, 0.05) is 61.1 Å². The zero-order valence-electron chi connectivity index (χ0n) is 38.2. The van der Waals surface area contributed by atoms with Gasteiger partial charge in [-0.3, -0.25) is 24.7 Å². The molecule has 5 aliphatic rings. The fourth-order valence-corrected chi connectivity index (χ4v) is 10.8. The Balaban J connectivity index is 0.782. The Labute approximate surface area is 391 Å². The Morgan fingerprint density at radius 2 is 1.82 bits per heavy atom. The number of hydrogen-bond acceptors (Lipinski definition) is 7. The van der Waals surface area contributed by atoms with Gasteiger partial charge < -0.3 is 9.64 Å². The zero-order valence-corrected chi connectivity index (χ0v) is 39.0. The number of amides is 2. The van der Waals surface area contributed by atoms with Crippen LogP contribution in [0.25, 0.3) is 6.08 Å². The van der Waals surface area contributed by atoms with Crippen molar-refractivity contribution < 1.29 is 19.1 Å². The quantitative estimate of drug-likeness (QED) is 0.0883. The highest BCUT2D eigenvalue weighted by Crippen LogP contribution is 2.33. The van der Waals surface area contributed by atoms with Crippen molar-refractivity contribution in [3.05, 3.63) is 122 Å². The predicted octanol–water partition coefficient (Wildman–Crippen LogP) is 11.3. The lowest BCUT2D eigenvalue weighted by Gasteiger charge is -2.26. The third kappa shape index (κ3) is 12.3. The maximum absolute atomic E-state index is 13.0. The van der Waals surface area contributed by atoms with Crippen LogP contribution in [0.15, 0.2) is 77.4 Å². The lowest BCUT2D eigenvalue weighted by atomic mass is 9.83. The fraction of sp³-hybridized carbons (Fsp3) is 0.482. The Morgan fingerprint density at radius 3 is 2.62 bits per heavy atom. The molecule has 8 rings (SSSR count). The number of carbonyl (C=O) groups is 3. The average molecular weight is 892 g/mol. The molecular formula is C56H63ClN4O4. The van der Waals surface area contributed by atoms with Crippen molar-refractivity contribution in [2.45, 2.75) is 135 Å². The number of ether oxygens (including phenoxy) is 1. The molecule has 2 aromatic carbocycles. The summed E-state index contributed by atoms with van der Waals surface area (Å²) < 4.78 is 6.19. The molecule has 3 aliphatic carbocycles. The van der Waals surface area contributed by atoms with Crippen molar-refractivity contribution >= 4 is 35.3 Å². The van der Waals surface area contributed by atoms with Crippen LogP contribution < -0.4 is 10.1 Å². The molecule has 3 aromatic rings. The summed E-state index contributed by atoms with van der Waals surface area (Å²) in [5.41, 5.74) is 11.0. The van der Waals surface area contributed by atoms with Gasteiger partial charge >= 0.3 is 0 Å². The standard InChI is InChI=1S/C56H63ClN4O4/c1-3-53-50(37(2)9-10-38-13-19-48(20-14-38)65-49-21-16-45(35-58)52(57)34-49)23-18-47(59-53)32-39-6-4-7-41(12-11-39)36-61-26-5-8-40(25-27-61)28-42-15-22-51-46(29-42)31-43(33-54(51)62)30-44-17-24-55(63)60-56(44)64/h8,15-16,18,21-23,29,32-34,37-38,41,44,48H,3-7,11-14,17,19-20,24-28,30-31,36H2,1-2H3,(H,60,63,64)/b39-32-/t37?,38-,41?,44?,48-. The molecule has 3 fully saturated rings. The van der Waals surface area contributed by atoms with Crippen molar-refractivity contribution in [2.24, 2.45) is 17.8 Å². The van der Waals surface area contributed by atoms with Crippen LogP contribution in [0.5, 0.6) is 5.75 Å². The highest BCUT2D eigenvalue weighted by Gasteiger charge is 2.29. The number of imide groups is 1. The van der Waals surface area contributed by atoms with Crippen molar-refractivity contribution in [1.82, 2.24) is 15.2 Å². The maximum atomic E-state index is 13.0. The number of nitrogens with zero attached hydrogens (tertiary/aromatic N) is 3. The summed E-state index contributed by atoms with van der Waals surface area (Å²) in [5.74, 6) is 8.45. The first-order valence-corrected chi connectivity index (χ1v) is 24.6. The van der Waals surface area contributed by atoms with E-state index in [4.69, 9.17) is 26.6 Å². The van der Waals surface area contributed by atoms with Crippen LogP contribution in [0.2, 0.25) is 5.02 Å². The molecule has 338 valence electrons. The van der Waals surface area contributed by atoms with Gasteiger partial charge in [0.25, 0.3) is 0 Å². The molecule has 0 spiro atoms. The highest BCUT2D eigenvalue weighted by molar-refractivity contribution is 6.31. The summed E-state index contributed by atoms with van der Waals surface area (Å²) in [4.78, 5) is 44.9. The van der Waals surface area contributed by atoms with Crippen LogP contribution in [-0.2, 0) is 28.9 Å². The van der Waals surface area contributed by atoms with Crippen molar-refractivity contribution in [1.29, 1.82) is 5.26 Å². The van der Waals surface area contributed by atoms with Gasteiger partial charge in [-0.05, 0) is 163 Å². The van der Waals surface area contributed by atoms with Crippen LogP contribution in [0, 0.1) is 40.9 Å². The second-order valence-corrected chi connectivity index (χ2v) is 19.6. The number of ketones is 1. The van der Waals surface area contributed by atoms with Crippen LogP contribution in [0.3, 0.4) is 0 Å². The fourth-order valence-electron chi connectivity index (χ4n) is 10.6. The molecule has 8 nitrogen and oxygen atoms in total. The number of piperidine rings is 1. The normalized spacial score (nSPS) is 24.0. The van der Waals surface area contributed by atoms with E-state index in [9.17, 15) is 14.4 Å². The molecule has 2 amide bonds. The summed E-state index contributed by atoms with van der Waals surface area (Å²) in [6.45, 7) is 7.75. The van der Waals surface area contributed by atoms with Gasteiger partial charge in [-0.2, -0.15) is 5.26 Å². The molecule has 2 aliphatic heterocycles. The second kappa shape index (κ2) is 21.8. The summed E-state index contributed by atoms with van der Waals surface area (Å²) >= 11 is 6.21. The first kappa shape index (κ1) is 46.3. The van der Waals surface area contributed by atoms with Gasteiger partial charge in [0.1, 0.15) is 11.8 Å². The minimum Gasteiger partial charge on any atom is -0.490 e. The number of nitrogens with one attached hydrogen (secondary N) is 1. The molecule has 65 heavy (non-hydrogen) atoms. The van der Waals surface area contributed by atoms with E-state index < -0.39 is 0 Å². The molecule has 1 saturated heterocycles. The number of pyridine rings is 1. The number of benzene rings is 2. The van der Waals surface area contributed by atoms with E-state index in [1.807, 2.05) is 12.1 Å². The van der Waals surface area contributed by atoms with Crippen molar-refractivity contribution in [3.8, 4) is 23.7 Å². The Kier molecular flexibility index (Phi) is 15.5. The minimum atomic E-state index is -0.251. The summed E-state index contributed by atoms with van der Waals surface area (Å²) in [6.07, 6.45) is 22.6. The first-order valence-electron chi connectivity index (χ1n) is 24.2. The lowest BCUT2D eigenvalue weighted by Crippen LogP contribution is -2.41. The topological polar surface area (TPSA) is 112 Å². The maximum Gasteiger partial charge on any atom is 0.229 e. The number of carbonyl (C=O) groups excluding carboxylic acids is 3. The third-order valence-electron chi connectivity index (χ3n) is 14.3. The highest BCUT2D eigenvalue weighted by atomic mass is 35.5. The van der Waals surface area contributed by atoms with Crippen LogP contribution in [-0.4, -0.2) is 53.2 Å². The number of hydrogen-bond donors (Lipinski definition) is 1. The van der Waals surface area contributed by atoms with Crippen molar-refractivity contribution in [2.75, 3.05) is 19.6 Å². The Hall–Kier alpha value is -5.28. The molecular weight excluding hydrogens is 828 g/mol. The molecule has 3 atom stereocenters. The van der Waals surface area contributed by atoms with Crippen LogP contribution >= 0.6 is 11.6 Å². The number of allylic oxidation sites excluding steroid dienone is 3. The number of aryl methyl sites for hydroxylation is 1. The largest absolute Gasteiger partial charge is 0.490 e. The summed E-state index contributed by atoms with van der Waals surface area (Å²) in [7, 11) is 0. The summed E-state index contributed by atoms with van der Waals surface area (Å²) in [5, 5.41) is 12.0. The molecule has 3 heterocycles. The number of halogens is 1. The van der Waals surface area contributed by atoms with Gasteiger partial charge in [-0.1, -0.05) is 77.4 Å². The molecule has 1 N–H and O–H groups in total. The van der Waals surface area contributed by atoms with Crippen molar-refractivity contribution in [3.63, 3.8) is 0 Å². The smallest absolute Gasteiger partial charge is 0.229 e. The van der Waals surface area contributed by atoms with Crippen LogP contribution in [0.4, 0.5) is 0 Å². The molecule has 2 saturated carbocycles. The van der Waals surface area contributed by atoms with E-state index in [0.29, 0.717) is 48.1 Å². The van der Waals surface area contributed by atoms with Gasteiger partial charge in [0.05, 0.1) is 22.4 Å². The number of rotatable bonds is 11. The second-order valence-electron chi connectivity index (χ2n) is 19.1. The summed E-state index contributed by atoms with van der Waals surface area (Å²) in [6, 6.07) is 18.2. The van der Waals surface area contributed by atoms with Gasteiger partial charge in [0.2, 0.25) is 11.8 Å². The molecule has 1 aromatic heterocycles. The first-order chi connectivity index (χ1) is 31.6. The van der Waals surface area contributed by atoms with E-state index in [1.54, 1.807) is 18.2 Å². The Bertz CT molecular complexity index is 2480. The third-order valence-corrected chi connectivity index (χ3v) is 14.6. The SMILES string of the molecule is CCc1nc(/C=C2/CCCC(CN3CCC=C(Cc4ccc5c(c4)CC(CC4CCC(=O)NC4=O)=CC5=O)CC3)CC2)ccc1C(C)C#C[C@H]1CC[C@H](Oc2ccc(C#N)c(Cl)c2)CC1. The van der Waals surface area contributed by atoms with E-state index in [2.05, 4.69) is 78.4 Å². The molecule has 0 bridgehead atoms. The monoisotopic (exact) mass is 890 g/mol. The van der Waals surface area contributed by atoms with E-state index in [-0.39, 0.29) is 35.5 Å².